The third-order valence-electron chi connectivity index (χ3n) is 2.48. The summed E-state index contributed by atoms with van der Waals surface area (Å²) in [5.74, 6) is 0. The van der Waals surface area contributed by atoms with Crippen molar-refractivity contribution in [3.8, 4) is 0 Å². The molecule has 18 heavy (non-hydrogen) atoms. The van der Waals surface area contributed by atoms with E-state index in [9.17, 15) is 5.11 Å². The van der Waals surface area contributed by atoms with Gasteiger partial charge in [0.15, 0.2) is 5.16 Å². The lowest BCUT2D eigenvalue weighted by atomic mass is 10.1. The standard InChI is InChI=1S/C13H23N3OS/c1-9(17)10(2)18-12-14-6-11(7-15-12)8-16-13(3,4)5/h6-7,9-10,16-17H,8H2,1-5H3. The highest BCUT2D eigenvalue weighted by Crippen LogP contribution is 2.21. The average Bonchev–Trinajstić information content (AvgIpc) is 2.27. The zero-order valence-electron chi connectivity index (χ0n) is 11.8. The van der Waals surface area contributed by atoms with Crippen LogP contribution in [0.3, 0.4) is 0 Å². The summed E-state index contributed by atoms with van der Waals surface area (Å²) in [4.78, 5) is 8.60. The third-order valence-corrected chi connectivity index (χ3v) is 3.66. The van der Waals surface area contributed by atoms with Gasteiger partial charge in [-0.3, -0.25) is 0 Å². The number of aromatic nitrogens is 2. The second-order valence-electron chi connectivity index (χ2n) is 5.54. The van der Waals surface area contributed by atoms with Crippen molar-refractivity contribution in [2.75, 3.05) is 0 Å². The zero-order chi connectivity index (χ0) is 13.8. The first-order valence-electron chi connectivity index (χ1n) is 6.18. The Labute approximate surface area is 114 Å². The quantitative estimate of drug-likeness (QED) is 0.634. The van der Waals surface area contributed by atoms with E-state index in [1.165, 1.54) is 11.8 Å². The molecule has 0 aromatic carbocycles. The molecule has 2 unspecified atom stereocenters. The number of aliphatic hydroxyl groups is 1. The monoisotopic (exact) mass is 269 g/mol. The Morgan fingerprint density at radius 2 is 1.83 bits per heavy atom. The van der Waals surface area contributed by atoms with Crippen molar-refractivity contribution in [3.05, 3.63) is 18.0 Å². The maximum atomic E-state index is 9.42. The first kappa shape index (κ1) is 15.4. The molecule has 2 N–H and O–H groups in total. The summed E-state index contributed by atoms with van der Waals surface area (Å²) in [5, 5.41) is 13.6. The molecule has 1 heterocycles. The van der Waals surface area contributed by atoms with E-state index < -0.39 is 0 Å². The molecule has 0 amide bonds. The van der Waals surface area contributed by atoms with Crippen molar-refractivity contribution in [3.63, 3.8) is 0 Å². The van der Waals surface area contributed by atoms with Gasteiger partial charge < -0.3 is 10.4 Å². The third kappa shape index (κ3) is 5.80. The predicted octanol–water partition coefficient (Wildman–Crippen LogP) is 2.23. The molecule has 1 rings (SSSR count). The summed E-state index contributed by atoms with van der Waals surface area (Å²) in [6, 6.07) is 0. The van der Waals surface area contributed by atoms with Crippen LogP contribution in [0.4, 0.5) is 0 Å². The number of nitrogens with zero attached hydrogens (tertiary/aromatic N) is 2. The Morgan fingerprint density at radius 1 is 1.28 bits per heavy atom. The first-order valence-corrected chi connectivity index (χ1v) is 7.06. The molecule has 0 saturated carbocycles. The summed E-state index contributed by atoms with van der Waals surface area (Å²) in [6.45, 7) is 10.9. The highest BCUT2D eigenvalue weighted by atomic mass is 32.2. The summed E-state index contributed by atoms with van der Waals surface area (Å²) in [5.41, 5.74) is 1.16. The Hall–Kier alpha value is -0.650. The molecule has 0 saturated heterocycles. The average molecular weight is 269 g/mol. The van der Waals surface area contributed by atoms with Gasteiger partial charge in [-0.25, -0.2) is 9.97 Å². The Bertz CT molecular complexity index is 359. The molecule has 0 aliphatic carbocycles. The normalized spacial score (nSPS) is 15.4. The summed E-state index contributed by atoms with van der Waals surface area (Å²) < 4.78 is 0. The van der Waals surface area contributed by atoms with Crippen LogP contribution in [-0.2, 0) is 6.54 Å². The van der Waals surface area contributed by atoms with Crippen LogP contribution in [-0.4, -0.2) is 32.0 Å². The molecule has 0 fully saturated rings. The summed E-state index contributed by atoms with van der Waals surface area (Å²) >= 11 is 1.49. The van der Waals surface area contributed by atoms with Gasteiger partial charge in [-0.1, -0.05) is 18.7 Å². The van der Waals surface area contributed by atoms with Gasteiger partial charge in [-0.15, -0.1) is 0 Å². The molecule has 0 aliphatic heterocycles. The molecular formula is C13H23N3OS. The van der Waals surface area contributed by atoms with Crippen molar-refractivity contribution >= 4 is 11.8 Å². The SMILES string of the molecule is CC(O)C(C)Sc1ncc(CNC(C)(C)C)cn1. The molecule has 0 spiro atoms. The van der Waals surface area contributed by atoms with E-state index in [-0.39, 0.29) is 16.9 Å². The fraction of sp³-hybridized carbons (Fsp3) is 0.692. The Balaban J connectivity index is 2.52. The van der Waals surface area contributed by atoms with Crippen LogP contribution in [0.5, 0.6) is 0 Å². The van der Waals surface area contributed by atoms with Crippen molar-refractivity contribution in [1.29, 1.82) is 0 Å². The minimum absolute atomic E-state index is 0.0915. The number of hydrogen-bond acceptors (Lipinski definition) is 5. The predicted molar refractivity (Wildman–Crippen MR) is 75.6 cm³/mol. The lowest BCUT2D eigenvalue weighted by molar-refractivity contribution is 0.196. The molecular weight excluding hydrogens is 246 g/mol. The smallest absolute Gasteiger partial charge is 0.187 e. The fourth-order valence-corrected chi connectivity index (χ4v) is 1.88. The van der Waals surface area contributed by atoms with Crippen LogP contribution in [0.15, 0.2) is 17.6 Å². The van der Waals surface area contributed by atoms with Crippen LogP contribution in [0.2, 0.25) is 0 Å². The second kappa shape index (κ2) is 6.50. The van der Waals surface area contributed by atoms with Crippen molar-refractivity contribution in [1.82, 2.24) is 15.3 Å². The van der Waals surface area contributed by atoms with Gasteiger partial charge in [-0.2, -0.15) is 0 Å². The van der Waals surface area contributed by atoms with Gasteiger partial charge in [0, 0.05) is 35.3 Å². The van der Waals surface area contributed by atoms with Crippen LogP contribution in [0.25, 0.3) is 0 Å². The van der Waals surface area contributed by atoms with Crippen molar-refractivity contribution in [2.45, 2.75) is 63.2 Å². The molecule has 5 heteroatoms. The van der Waals surface area contributed by atoms with Gasteiger partial charge in [0.25, 0.3) is 0 Å². The molecule has 2 atom stereocenters. The van der Waals surface area contributed by atoms with E-state index in [1.807, 2.05) is 19.3 Å². The van der Waals surface area contributed by atoms with Gasteiger partial charge in [0.2, 0.25) is 0 Å². The molecule has 0 bridgehead atoms. The van der Waals surface area contributed by atoms with Gasteiger partial charge in [0.1, 0.15) is 0 Å². The van der Waals surface area contributed by atoms with Gasteiger partial charge in [0.05, 0.1) is 6.10 Å². The van der Waals surface area contributed by atoms with Crippen LogP contribution < -0.4 is 5.32 Å². The number of hydrogen-bond donors (Lipinski definition) is 2. The number of aliphatic hydroxyl groups excluding tert-OH is 1. The molecule has 1 aromatic rings. The molecule has 1 aromatic heterocycles. The lowest BCUT2D eigenvalue weighted by Gasteiger charge is -2.20. The first-order chi connectivity index (χ1) is 8.28. The largest absolute Gasteiger partial charge is 0.392 e. The van der Waals surface area contributed by atoms with Crippen LogP contribution in [0.1, 0.15) is 40.2 Å². The minimum Gasteiger partial charge on any atom is -0.392 e. The second-order valence-corrected chi connectivity index (χ2v) is 6.89. The topological polar surface area (TPSA) is 58.0 Å². The lowest BCUT2D eigenvalue weighted by Crippen LogP contribution is -2.35. The van der Waals surface area contributed by atoms with Crippen molar-refractivity contribution < 1.29 is 5.11 Å². The van der Waals surface area contributed by atoms with Crippen LogP contribution >= 0.6 is 11.8 Å². The Kier molecular flexibility index (Phi) is 5.56. The van der Waals surface area contributed by atoms with E-state index in [2.05, 4.69) is 36.1 Å². The fourth-order valence-electron chi connectivity index (χ4n) is 1.13. The maximum Gasteiger partial charge on any atom is 0.187 e. The van der Waals surface area contributed by atoms with E-state index >= 15 is 0 Å². The molecule has 102 valence electrons. The van der Waals surface area contributed by atoms with E-state index in [0.29, 0.717) is 5.16 Å². The van der Waals surface area contributed by atoms with E-state index in [0.717, 1.165) is 12.1 Å². The molecule has 0 aliphatic rings. The molecule has 4 nitrogen and oxygen atoms in total. The Morgan fingerprint density at radius 3 is 2.28 bits per heavy atom. The minimum atomic E-state index is -0.360. The highest BCUT2D eigenvalue weighted by molar-refractivity contribution is 7.99. The number of thioether (sulfide) groups is 1. The van der Waals surface area contributed by atoms with Crippen molar-refractivity contribution in [2.24, 2.45) is 0 Å². The van der Waals surface area contributed by atoms with Crippen LogP contribution in [0, 0.1) is 0 Å². The number of rotatable bonds is 5. The number of nitrogens with one attached hydrogen (secondary N) is 1. The molecule has 0 radical (unpaired) electrons. The van der Waals surface area contributed by atoms with E-state index in [1.54, 1.807) is 6.92 Å². The maximum absolute atomic E-state index is 9.42. The zero-order valence-corrected chi connectivity index (χ0v) is 12.6. The van der Waals surface area contributed by atoms with Gasteiger partial charge >= 0.3 is 0 Å². The van der Waals surface area contributed by atoms with E-state index in [4.69, 9.17) is 0 Å². The summed E-state index contributed by atoms with van der Waals surface area (Å²) in [7, 11) is 0. The van der Waals surface area contributed by atoms with Gasteiger partial charge in [-0.05, 0) is 27.7 Å². The highest BCUT2D eigenvalue weighted by Gasteiger charge is 2.12. The summed E-state index contributed by atoms with van der Waals surface area (Å²) in [6.07, 6.45) is 3.31.